The molecule has 0 bridgehead atoms. The van der Waals surface area contributed by atoms with Crippen molar-refractivity contribution in [2.24, 2.45) is 0 Å². The standard InChI is InChI=1S/C22H24N4O4S/c1-17-15-21(26(24-17)16-18-5-3-2-4-6-18)23-22(27)19-7-9-20(10-8-19)31(28,29)25-11-13-30-14-12-25/h2-10,15H,11-14,16H2,1H3,(H,23,27). The second-order valence-corrected chi connectivity index (χ2v) is 9.25. The van der Waals surface area contributed by atoms with E-state index >= 15 is 0 Å². The molecule has 2 heterocycles. The number of hydrogen-bond acceptors (Lipinski definition) is 5. The Balaban J connectivity index is 1.48. The Bertz CT molecular complexity index is 1150. The first kappa shape index (κ1) is 21.2. The van der Waals surface area contributed by atoms with E-state index in [0.717, 1.165) is 11.3 Å². The van der Waals surface area contributed by atoms with Gasteiger partial charge in [0.05, 0.1) is 30.3 Å². The number of carbonyl (C=O) groups is 1. The SMILES string of the molecule is Cc1cc(NC(=O)c2ccc(S(=O)(=O)N3CCOCC3)cc2)n(Cc2ccccc2)n1. The topological polar surface area (TPSA) is 93.5 Å². The lowest BCUT2D eigenvalue weighted by atomic mass is 10.2. The number of sulfonamides is 1. The molecule has 1 saturated heterocycles. The van der Waals surface area contributed by atoms with Gasteiger partial charge in [0.25, 0.3) is 5.91 Å². The number of amides is 1. The van der Waals surface area contributed by atoms with Crippen LogP contribution in [0.3, 0.4) is 0 Å². The molecule has 1 amide bonds. The van der Waals surface area contributed by atoms with Crippen LogP contribution >= 0.6 is 0 Å². The zero-order valence-corrected chi connectivity index (χ0v) is 18.0. The first-order valence-electron chi connectivity index (χ1n) is 10.0. The van der Waals surface area contributed by atoms with Crippen LogP contribution in [0.4, 0.5) is 5.82 Å². The fourth-order valence-electron chi connectivity index (χ4n) is 3.43. The van der Waals surface area contributed by atoms with Gasteiger partial charge in [-0.1, -0.05) is 30.3 Å². The zero-order valence-electron chi connectivity index (χ0n) is 17.2. The van der Waals surface area contributed by atoms with Crippen molar-refractivity contribution in [3.63, 3.8) is 0 Å². The maximum Gasteiger partial charge on any atom is 0.256 e. The summed E-state index contributed by atoms with van der Waals surface area (Å²) in [5.41, 5.74) is 2.22. The highest BCUT2D eigenvalue weighted by Crippen LogP contribution is 2.19. The number of aromatic nitrogens is 2. The average molecular weight is 441 g/mol. The van der Waals surface area contributed by atoms with Gasteiger partial charge in [-0.15, -0.1) is 0 Å². The number of nitrogens with one attached hydrogen (secondary N) is 1. The number of ether oxygens (including phenoxy) is 1. The van der Waals surface area contributed by atoms with Gasteiger partial charge >= 0.3 is 0 Å². The number of morpholine rings is 1. The molecule has 4 rings (SSSR count). The molecule has 1 aliphatic rings. The van der Waals surface area contributed by atoms with Crippen LogP contribution in [0.5, 0.6) is 0 Å². The maximum atomic E-state index is 12.8. The zero-order chi connectivity index (χ0) is 21.8. The maximum absolute atomic E-state index is 12.8. The van der Waals surface area contributed by atoms with Crippen LogP contribution in [-0.2, 0) is 21.3 Å². The van der Waals surface area contributed by atoms with Gasteiger partial charge in [-0.2, -0.15) is 9.40 Å². The molecule has 162 valence electrons. The van der Waals surface area contributed by atoms with E-state index in [0.29, 0.717) is 44.2 Å². The highest BCUT2D eigenvalue weighted by Gasteiger charge is 2.26. The second kappa shape index (κ2) is 9.01. The Kier molecular flexibility index (Phi) is 6.17. The van der Waals surface area contributed by atoms with Crippen molar-refractivity contribution in [3.05, 3.63) is 77.5 Å². The third-order valence-electron chi connectivity index (χ3n) is 5.04. The third-order valence-corrected chi connectivity index (χ3v) is 6.96. The van der Waals surface area contributed by atoms with E-state index in [1.807, 2.05) is 37.3 Å². The monoisotopic (exact) mass is 440 g/mol. The summed E-state index contributed by atoms with van der Waals surface area (Å²) in [4.78, 5) is 12.9. The van der Waals surface area contributed by atoms with E-state index in [-0.39, 0.29) is 10.8 Å². The normalized spacial score (nSPS) is 15.0. The fraction of sp³-hybridized carbons (Fsp3) is 0.273. The molecular weight excluding hydrogens is 416 g/mol. The summed E-state index contributed by atoms with van der Waals surface area (Å²) in [7, 11) is -3.59. The van der Waals surface area contributed by atoms with Crippen LogP contribution in [-0.4, -0.2) is 54.7 Å². The number of hydrogen-bond donors (Lipinski definition) is 1. The summed E-state index contributed by atoms with van der Waals surface area (Å²) in [6.45, 7) is 3.82. The Morgan fingerprint density at radius 3 is 2.42 bits per heavy atom. The largest absolute Gasteiger partial charge is 0.379 e. The molecule has 0 spiro atoms. The molecule has 8 nitrogen and oxygen atoms in total. The lowest BCUT2D eigenvalue weighted by Gasteiger charge is -2.26. The van der Waals surface area contributed by atoms with Crippen molar-refractivity contribution in [1.82, 2.24) is 14.1 Å². The number of benzene rings is 2. The van der Waals surface area contributed by atoms with Gasteiger partial charge in [0, 0.05) is 24.7 Å². The quantitative estimate of drug-likeness (QED) is 0.636. The van der Waals surface area contributed by atoms with Crippen LogP contribution in [0.15, 0.2) is 65.6 Å². The van der Waals surface area contributed by atoms with Gasteiger partial charge in [-0.05, 0) is 36.8 Å². The molecule has 2 aromatic carbocycles. The fourth-order valence-corrected chi connectivity index (χ4v) is 4.83. The number of rotatable bonds is 6. The van der Waals surface area contributed by atoms with Crippen LogP contribution in [0.25, 0.3) is 0 Å². The Morgan fingerprint density at radius 2 is 1.74 bits per heavy atom. The summed E-state index contributed by atoms with van der Waals surface area (Å²) in [6.07, 6.45) is 0. The van der Waals surface area contributed by atoms with Gasteiger partial charge in [-0.25, -0.2) is 13.1 Å². The average Bonchev–Trinajstić information content (AvgIpc) is 3.13. The van der Waals surface area contributed by atoms with Gasteiger partial charge < -0.3 is 10.1 Å². The van der Waals surface area contributed by atoms with Crippen molar-refractivity contribution in [2.45, 2.75) is 18.4 Å². The summed E-state index contributed by atoms with van der Waals surface area (Å²) < 4.78 is 33.8. The molecule has 0 aliphatic carbocycles. The summed E-state index contributed by atoms with van der Waals surface area (Å²) in [6, 6.07) is 17.6. The van der Waals surface area contributed by atoms with Gasteiger partial charge in [0.2, 0.25) is 10.0 Å². The molecule has 31 heavy (non-hydrogen) atoms. The smallest absolute Gasteiger partial charge is 0.256 e. The Hall–Kier alpha value is -3.01. The second-order valence-electron chi connectivity index (χ2n) is 7.31. The molecule has 0 unspecified atom stereocenters. The van der Waals surface area contributed by atoms with E-state index < -0.39 is 10.0 Å². The minimum Gasteiger partial charge on any atom is -0.379 e. The number of carbonyl (C=O) groups excluding carboxylic acids is 1. The predicted molar refractivity (Wildman–Crippen MR) is 116 cm³/mol. The van der Waals surface area contributed by atoms with Gasteiger partial charge in [-0.3, -0.25) is 4.79 Å². The minimum absolute atomic E-state index is 0.163. The Labute approximate surface area is 181 Å². The predicted octanol–water partition coefficient (Wildman–Crippen LogP) is 2.51. The lowest BCUT2D eigenvalue weighted by Crippen LogP contribution is -2.40. The van der Waals surface area contributed by atoms with Crippen molar-refractivity contribution in [2.75, 3.05) is 31.6 Å². The van der Waals surface area contributed by atoms with E-state index in [1.54, 1.807) is 10.7 Å². The van der Waals surface area contributed by atoms with Crippen LogP contribution in [0, 0.1) is 6.92 Å². The first-order chi connectivity index (χ1) is 14.9. The van der Waals surface area contributed by atoms with Crippen molar-refractivity contribution < 1.29 is 17.9 Å². The van der Waals surface area contributed by atoms with Gasteiger partial charge in [0.15, 0.2) is 0 Å². The van der Waals surface area contributed by atoms with Crippen molar-refractivity contribution in [3.8, 4) is 0 Å². The molecule has 0 atom stereocenters. The molecule has 0 radical (unpaired) electrons. The van der Waals surface area contributed by atoms with Crippen molar-refractivity contribution >= 4 is 21.7 Å². The van der Waals surface area contributed by atoms with E-state index in [1.165, 1.54) is 28.6 Å². The molecule has 1 aliphatic heterocycles. The molecule has 1 fully saturated rings. The van der Waals surface area contributed by atoms with E-state index in [9.17, 15) is 13.2 Å². The van der Waals surface area contributed by atoms with Crippen LogP contribution in [0.1, 0.15) is 21.6 Å². The Morgan fingerprint density at radius 1 is 1.06 bits per heavy atom. The van der Waals surface area contributed by atoms with Crippen LogP contribution in [0.2, 0.25) is 0 Å². The summed E-state index contributed by atoms with van der Waals surface area (Å²) in [5, 5.41) is 7.33. The van der Waals surface area contributed by atoms with E-state index in [4.69, 9.17) is 4.74 Å². The van der Waals surface area contributed by atoms with Crippen molar-refractivity contribution in [1.29, 1.82) is 0 Å². The minimum atomic E-state index is -3.59. The molecule has 9 heteroatoms. The van der Waals surface area contributed by atoms with Gasteiger partial charge in [0.1, 0.15) is 5.82 Å². The summed E-state index contributed by atoms with van der Waals surface area (Å²) in [5.74, 6) is 0.251. The number of aryl methyl sites for hydroxylation is 1. The molecule has 0 saturated carbocycles. The number of nitrogens with zero attached hydrogens (tertiary/aromatic N) is 3. The first-order valence-corrected chi connectivity index (χ1v) is 11.5. The van der Waals surface area contributed by atoms with E-state index in [2.05, 4.69) is 10.4 Å². The lowest BCUT2D eigenvalue weighted by molar-refractivity contribution is 0.0730. The number of anilines is 1. The highest BCUT2D eigenvalue weighted by atomic mass is 32.2. The van der Waals surface area contributed by atoms with Crippen LogP contribution < -0.4 is 5.32 Å². The summed E-state index contributed by atoms with van der Waals surface area (Å²) >= 11 is 0. The molecule has 1 aromatic heterocycles. The molecule has 3 aromatic rings. The highest BCUT2D eigenvalue weighted by molar-refractivity contribution is 7.89. The molecule has 1 N–H and O–H groups in total. The molecular formula is C22H24N4O4S. The third kappa shape index (κ3) is 4.84.